The van der Waals surface area contributed by atoms with Crippen molar-refractivity contribution in [3.05, 3.63) is 35.9 Å². The molecule has 5 N–H and O–H groups in total. The third kappa shape index (κ3) is 6.01. The van der Waals surface area contributed by atoms with Crippen molar-refractivity contribution in [2.24, 2.45) is 0 Å². The number of aliphatic hydroxyl groups is 1. The lowest BCUT2D eigenvalue weighted by Crippen LogP contribution is -2.41. The highest BCUT2D eigenvalue weighted by Gasteiger charge is 2.24. The number of nitrogens with one attached hydrogen (secondary N) is 1. The van der Waals surface area contributed by atoms with Crippen molar-refractivity contribution in [1.82, 2.24) is 5.32 Å². The Kier molecular flexibility index (Phi) is 5.28. The van der Waals surface area contributed by atoms with E-state index in [1.165, 1.54) is 13.0 Å². The fourth-order valence-corrected chi connectivity index (χ4v) is 1.56. The summed E-state index contributed by atoms with van der Waals surface area (Å²) in [5.41, 5.74) is 5.49. The second kappa shape index (κ2) is 6.72. The smallest absolute Gasteiger partial charge is 0.306 e. The minimum absolute atomic E-state index is 0.139. The molecule has 1 rings (SSSR count). The van der Waals surface area contributed by atoms with Gasteiger partial charge < -0.3 is 21.3 Å². The van der Waals surface area contributed by atoms with E-state index < -0.39 is 23.9 Å². The minimum Gasteiger partial charge on any atom is -0.481 e. The quantitative estimate of drug-likeness (QED) is 0.450. The zero-order valence-corrected chi connectivity index (χ0v) is 11.2. The summed E-state index contributed by atoms with van der Waals surface area (Å²) in [6.45, 7) is 1.21. The predicted molar refractivity (Wildman–Crippen MR) is 75.8 cm³/mol. The number of aliphatic carboxylic acids is 1. The Hall–Kier alpha value is -2.34. The van der Waals surface area contributed by atoms with Crippen molar-refractivity contribution in [3.8, 4) is 0 Å². The topological polar surface area (TPSA) is 113 Å². The van der Waals surface area contributed by atoms with Crippen molar-refractivity contribution in [2.45, 2.75) is 18.9 Å². The highest BCUT2D eigenvalue weighted by molar-refractivity contribution is 5.91. The molecule has 0 aliphatic heterocycles. The fourth-order valence-electron chi connectivity index (χ4n) is 1.56. The zero-order chi connectivity index (χ0) is 15.2. The first-order valence-electron chi connectivity index (χ1n) is 6.04. The Balaban J connectivity index is 2.50. The number of nitrogens with two attached hydrogens (primary N) is 1. The second-order valence-electron chi connectivity index (χ2n) is 4.79. The molecule has 0 spiro atoms. The van der Waals surface area contributed by atoms with Crippen LogP contribution in [0.25, 0.3) is 6.08 Å². The molecule has 1 aromatic rings. The number of carbonyl (C=O) groups excluding carboxylic acids is 1. The van der Waals surface area contributed by atoms with Crippen LogP contribution in [-0.4, -0.2) is 34.2 Å². The van der Waals surface area contributed by atoms with Gasteiger partial charge >= 0.3 is 5.97 Å². The van der Waals surface area contributed by atoms with Crippen molar-refractivity contribution in [3.63, 3.8) is 0 Å². The number of carboxylic acids is 1. The largest absolute Gasteiger partial charge is 0.481 e. The van der Waals surface area contributed by atoms with Gasteiger partial charge in [0.2, 0.25) is 5.91 Å². The fraction of sp³-hybridized carbons (Fsp3) is 0.286. The molecule has 20 heavy (non-hydrogen) atoms. The maximum atomic E-state index is 11.5. The van der Waals surface area contributed by atoms with Crippen LogP contribution in [0.4, 0.5) is 5.69 Å². The summed E-state index contributed by atoms with van der Waals surface area (Å²) in [5, 5.41) is 20.8. The third-order valence-corrected chi connectivity index (χ3v) is 2.51. The van der Waals surface area contributed by atoms with Gasteiger partial charge in [0.25, 0.3) is 0 Å². The van der Waals surface area contributed by atoms with Crippen molar-refractivity contribution in [1.29, 1.82) is 0 Å². The highest BCUT2D eigenvalue weighted by atomic mass is 16.4. The summed E-state index contributed by atoms with van der Waals surface area (Å²) >= 11 is 0. The number of hydrogen-bond donors (Lipinski definition) is 4. The van der Waals surface area contributed by atoms with Crippen LogP contribution in [0.1, 0.15) is 18.9 Å². The lowest BCUT2D eigenvalue weighted by molar-refractivity contribution is -0.142. The SMILES string of the molecule is CC(O)(CNC(=O)/C=C/c1cccc(N)c1)CC(=O)O. The average Bonchev–Trinajstić information content (AvgIpc) is 2.32. The van der Waals surface area contributed by atoms with Crippen LogP contribution in [0.3, 0.4) is 0 Å². The van der Waals surface area contributed by atoms with Crippen LogP contribution in [0.2, 0.25) is 0 Å². The van der Waals surface area contributed by atoms with Crippen LogP contribution in [0.15, 0.2) is 30.3 Å². The molecule has 108 valence electrons. The number of rotatable bonds is 6. The van der Waals surface area contributed by atoms with Gasteiger partial charge in [-0.2, -0.15) is 0 Å². The maximum Gasteiger partial charge on any atom is 0.306 e. The van der Waals surface area contributed by atoms with E-state index in [-0.39, 0.29) is 6.54 Å². The lowest BCUT2D eigenvalue weighted by atomic mass is 10.0. The van der Waals surface area contributed by atoms with E-state index in [2.05, 4.69) is 5.32 Å². The Morgan fingerprint density at radius 1 is 1.45 bits per heavy atom. The molecule has 0 aliphatic rings. The molecule has 6 heteroatoms. The summed E-state index contributed by atoms with van der Waals surface area (Å²) in [5.74, 6) is -1.54. The number of anilines is 1. The number of carboxylic acid groups (broad SMARTS) is 1. The Morgan fingerprint density at radius 3 is 2.75 bits per heavy atom. The molecule has 0 saturated heterocycles. The molecule has 0 fully saturated rings. The number of nitrogen functional groups attached to an aromatic ring is 1. The third-order valence-electron chi connectivity index (χ3n) is 2.51. The van der Waals surface area contributed by atoms with Gasteiger partial charge in [-0.05, 0) is 30.7 Å². The minimum atomic E-state index is -1.48. The summed E-state index contributed by atoms with van der Waals surface area (Å²) in [6.07, 6.45) is 2.44. The van der Waals surface area contributed by atoms with Crippen LogP contribution in [0, 0.1) is 0 Å². The van der Waals surface area contributed by atoms with Gasteiger partial charge in [0.05, 0.1) is 12.0 Å². The molecule has 1 amide bonds. The first-order valence-corrected chi connectivity index (χ1v) is 6.04. The molecule has 0 aromatic heterocycles. The molecule has 0 radical (unpaired) electrons. The molecule has 0 saturated carbocycles. The van der Waals surface area contributed by atoms with Crippen LogP contribution >= 0.6 is 0 Å². The maximum absolute atomic E-state index is 11.5. The summed E-state index contributed by atoms with van der Waals surface area (Å²) in [4.78, 5) is 22.0. The van der Waals surface area contributed by atoms with Gasteiger partial charge in [-0.3, -0.25) is 9.59 Å². The van der Waals surface area contributed by atoms with Crippen molar-refractivity contribution in [2.75, 3.05) is 12.3 Å². The zero-order valence-electron chi connectivity index (χ0n) is 11.2. The standard InChI is InChI=1S/C14H18N2O4/c1-14(20,8-13(18)19)9-16-12(17)6-5-10-3-2-4-11(15)7-10/h2-7,20H,8-9,15H2,1H3,(H,16,17)(H,18,19)/b6-5+. The molecule has 1 unspecified atom stereocenters. The molecule has 1 atom stereocenters. The Morgan fingerprint density at radius 2 is 2.15 bits per heavy atom. The molecule has 6 nitrogen and oxygen atoms in total. The average molecular weight is 278 g/mol. The Bertz CT molecular complexity index is 524. The van der Waals surface area contributed by atoms with Crippen molar-refractivity contribution >= 4 is 23.6 Å². The van der Waals surface area contributed by atoms with E-state index in [4.69, 9.17) is 10.8 Å². The van der Waals surface area contributed by atoms with Gasteiger partial charge in [0.1, 0.15) is 0 Å². The number of benzene rings is 1. The number of carbonyl (C=O) groups is 2. The van der Waals surface area contributed by atoms with E-state index in [0.29, 0.717) is 5.69 Å². The van der Waals surface area contributed by atoms with Gasteiger partial charge in [0.15, 0.2) is 0 Å². The highest BCUT2D eigenvalue weighted by Crippen LogP contribution is 2.09. The summed E-state index contributed by atoms with van der Waals surface area (Å²) in [7, 11) is 0. The molecule has 1 aromatic carbocycles. The van der Waals surface area contributed by atoms with Gasteiger partial charge in [-0.1, -0.05) is 12.1 Å². The molecule has 0 aliphatic carbocycles. The number of hydrogen-bond acceptors (Lipinski definition) is 4. The van der Waals surface area contributed by atoms with Crippen molar-refractivity contribution < 1.29 is 19.8 Å². The first kappa shape index (κ1) is 15.7. The van der Waals surface area contributed by atoms with E-state index in [1.54, 1.807) is 30.3 Å². The second-order valence-corrected chi connectivity index (χ2v) is 4.79. The molecular formula is C14H18N2O4. The van der Waals surface area contributed by atoms with Crippen LogP contribution in [0.5, 0.6) is 0 Å². The summed E-state index contributed by atoms with van der Waals surface area (Å²) in [6, 6.07) is 7.01. The lowest BCUT2D eigenvalue weighted by Gasteiger charge is -2.20. The van der Waals surface area contributed by atoms with Gasteiger partial charge in [-0.25, -0.2) is 0 Å². The van der Waals surface area contributed by atoms with Gasteiger partial charge in [-0.15, -0.1) is 0 Å². The van der Waals surface area contributed by atoms with Crippen LogP contribution < -0.4 is 11.1 Å². The normalized spacial score (nSPS) is 13.9. The molecular weight excluding hydrogens is 260 g/mol. The van der Waals surface area contributed by atoms with E-state index in [0.717, 1.165) is 5.56 Å². The van der Waals surface area contributed by atoms with E-state index >= 15 is 0 Å². The first-order chi connectivity index (χ1) is 9.28. The Labute approximate surface area is 116 Å². The predicted octanol–water partition coefficient (Wildman–Crippen LogP) is 0.624. The van der Waals surface area contributed by atoms with Gasteiger partial charge in [0, 0.05) is 18.3 Å². The molecule has 0 heterocycles. The molecule has 0 bridgehead atoms. The van der Waals surface area contributed by atoms with Crippen LogP contribution in [-0.2, 0) is 9.59 Å². The number of amides is 1. The van der Waals surface area contributed by atoms with E-state index in [1.807, 2.05) is 0 Å². The summed E-state index contributed by atoms with van der Waals surface area (Å²) < 4.78 is 0. The van der Waals surface area contributed by atoms with E-state index in [9.17, 15) is 14.7 Å². The monoisotopic (exact) mass is 278 g/mol.